The third kappa shape index (κ3) is 2.46. The number of carboxylic acid groups (broad SMARTS) is 1. The van der Waals surface area contributed by atoms with Crippen molar-refractivity contribution in [2.75, 3.05) is 0 Å². The smallest absolute Gasteiger partial charge is 0.340 e. The summed E-state index contributed by atoms with van der Waals surface area (Å²) in [5, 5.41) is 13.7. The molecule has 0 aromatic carbocycles. The summed E-state index contributed by atoms with van der Waals surface area (Å²) in [4.78, 5) is 15.5. The first-order valence-corrected chi connectivity index (χ1v) is 6.14. The summed E-state index contributed by atoms with van der Waals surface area (Å²) in [5.74, 6) is -0.595. The number of hydrogen-bond acceptors (Lipinski definition) is 3. The van der Waals surface area contributed by atoms with Crippen LogP contribution < -0.4 is 0 Å². The fourth-order valence-electron chi connectivity index (χ4n) is 1.74. The molecule has 100 valence electrons. The lowest BCUT2D eigenvalue weighted by Crippen LogP contribution is -2.16. The lowest BCUT2D eigenvalue weighted by Gasteiger charge is -2.15. The van der Waals surface area contributed by atoms with Gasteiger partial charge in [-0.2, -0.15) is 5.10 Å². The SMILES string of the molecule is CC(C)(C)c1nn(-c2ccccn2)c(Cl)c1C(=O)O. The van der Waals surface area contributed by atoms with Gasteiger partial charge < -0.3 is 5.11 Å². The van der Waals surface area contributed by atoms with Crippen molar-refractivity contribution >= 4 is 17.6 Å². The number of carbonyl (C=O) groups is 1. The van der Waals surface area contributed by atoms with Gasteiger partial charge in [0, 0.05) is 11.6 Å². The molecule has 0 aliphatic rings. The Morgan fingerprint density at radius 2 is 2.05 bits per heavy atom. The van der Waals surface area contributed by atoms with Crippen LogP contribution in [0.25, 0.3) is 5.82 Å². The minimum atomic E-state index is -1.09. The van der Waals surface area contributed by atoms with E-state index in [0.29, 0.717) is 11.5 Å². The van der Waals surface area contributed by atoms with Crippen molar-refractivity contribution in [1.29, 1.82) is 0 Å². The Kier molecular flexibility index (Phi) is 3.32. The van der Waals surface area contributed by atoms with Gasteiger partial charge in [-0.1, -0.05) is 38.4 Å². The van der Waals surface area contributed by atoms with Crippen LogP contribution in [-0.4, -0.2) is 25.8 Å². The molecule has 0 atom stereocenters. The predicted molar refractivity (Wildman–Crippen MR) is 72.0 cm³/mol. The molecule has 19 heavy (non-hydrogen) atoms. The summed E-state index contributed by atoms with van der Waals surface area (Å²) in [7, 11) is 0. The molecular formula is C13H14ClN3O2. The second-order valence-corrected chi connectivity index (χ2v) is 5.53. The van der Waals surface area contributed by atoms with Gasteiger partial charge in [-0.15, -0.1) is 0 Å². The van der Waals surface area contributed by atoms with Crippen LogP contribution in [0.5, 0.6) is 0 Å². The van der Waals surface area contributed by atoms with Crippen molar-refractivity contribution in [2.24, 2.45) is 0 Å². The highest BCUT2D eigenvalue weighted by molar-refractivity contribution is 6.33. The Morgan fingerprint density at radius 3 is 2.47 bits per heavy atom. The number of carboxylic acids is 1. The molecule has 2 aromatic rings. The standard InChI is InChI=1S/C13H14ClN3O2/c1-13(2,3)10-9(12(18)19)11(14)17(16-10)8-6-4-5-7-15-8/h4-7H,1-3H3,(H,18,19). The van der Waals surface area contributed by atoms with E-state index in [4.69, 9.17) is 11.6 Å². The van der Waals surface area contributed by atoms with Gasteiger partial charge >= 0.3 is 5.97 Å². The van der Waals surface area contributed by atoms with Gasteiger partial charge in [-0.3, -0.25) is 0 Å². The minimum absolute atomic E-state index is 0.0276. The van der Waals surface area contributed by atoms with Crippen LogP contribution in [0.1, 0.15) is 36.8 Å². The molecule has 1 N–H and O–H groups in total. The molecule has 2 aromatic heterocycles. The predicted octanol–water partition coefficient (Wildman–Crippen LogP) is 2.92. The Balaban J connectivity index is 2.70. The highest BCUT2D eigenvalue weighted by Gasteiger charge is 2.30. The minimum Gasteiger partial charge on any atom is -0.478 e. The molecule has 0 bridgehead atoms. The van der Waals surface area contributed by atoms with Gasteiger partial charge in [0.15, 0.2) is 5.82 Å². The average Bonchev–Trinajstić information content (AvgIpc) is 2.68. The summed E-state index contributed by atoms with van der Waals surface area (Å²) in [6.45, 7) is 5.67. The number of aromatic nitrogens is 3. The van der Waals surface area contributed by atoms with Crippen LogP contribution in [0, 0.1) is 0 Å². The van der Waals surface area contributed by atoms with Crippen LogP contribution in [0.2, 0.25) is 5.15 Å². The molecule has 0 saturated heterocycles. The third-order valence-corrected chi connectivity index (χ3v) is 2.97. The molecule has 5 nitrogen and oxygen atoms in total. The van der Waals surface area contributed by atoms with Gasteiger partial charge in [0.1, 0.15) is 10.7 Å². The monoisotopic (exact) mass is 279 g/mol. The summed E-state index contributed by atoms with van der Waals surface area (Å²) >= 11 is 6.14. The van der Waals surface area contributed by atoms with Gasteiger partial charge in [0.05, 0.1) is 5.69 Å². The maximum absolute atomic E-state index is 11.4. The van der Waals surface area contributed by atoms with Crippen molar-refractivity contribution in [1.82, 2.24) is 14.8 Å². The highest BCUT2D eigenvalue weighted by atomic mass is 35.5. The normalized spacial score (nSPS) is 11.6. The van der Waals surface area contributed by atoms with Crippen molar-refractivity contribution in [3.8, 4) is 5.82 Å². The van der Waals surface area contributed by atoms with E-state index in [1.165, 1.54) is 4.68 Å². The summed E-state index contributed by atoms with van der Waals surface area (Å²) in [5.41, 5.74) is 0.0488. The van der Waals surface area contributed by atoms with Crippen LogP contribution in [0.4, 0.5) is 0 Å². The molecule has 6 heteroatoms. The van der Waals surface area contributed by atoms with Crippen molar-refractivity contribution < 1.29 is 9.90 Å². The molecular weight excluding hydrogens is 266 g/mol. The molecule has 0 aliphatic carbocycles. The van der Waals surface area contributed by atoms with Gasteiger partial charge in [-0.05, 0) is 12.1 Å². The van der Waals surface area contributed by atoms with E-state index < -0.39 is 11.4 Å². The number of rotatable bonds is 2. The summed E-state index contributed by atoms with van der Waals surface area (Å²) < 4.78 is 1.35. The average molecular weight is 280 g/mol. The molecule has 0 radical (unpaired) electrons. The zero-order chi connectivity index (χ0) is 14.2. The van der Waals surface area contributed by atoms with E-state index in [2.05, 4.69) is 10.1 Å². The molecule has 2 heterocycles. The van der Waals surface area contributed by atoms with E-state index in [-0.39, 0.29) is 10.7 Å². The molecule has 0 unspecified atom stereocenters. The van der Waals surface area contributed by atoms with Gasteiger partial charge in [-0.25, -0.2) is 14.5 Å². The Bertz CT molecular complexity index is 615. The van der Waals surface area contributed by atoms with Gasteiger partial charge in [0.25, 0.3) is 0 Å². The number of halogens is 1. The van der Waals surface area contributed by atoms with E-state index in [1.807, 2.05) is 20.8 Å². The Labute approximate surface area is 115 Å². The van der Waals surface area contributed by atoms with Crippen LogP contribution >= 0.6 is 11.6 Å². The first-order valence-electron chi connectivity index (χ1n) is 5.76. The van der Waals surface area contributed by atoms with E-state index in [1.54, 1.807) is 24.4 Å². The van der Waals surface area contributed by atoms with E-state index in [9.17, 15) is 9.90 Å². The van der Waals surface area contributed by atoms with Crippen LogP contribution in [-0.2, 0) is 5.41 Å². The first-order chi connectivity index (χ1) is 8.82. The maximum Gasteiger partial charge on any atom is 0.340 e. The molecule has 0 aliphatic heterocycles. The molecule has 0 fully saturated rings. The lowest BCUT2D eigenvalue weighted by atomic mass is 9.89. The van der Waals surface area contributed by atoms with E-state index >= 15 is 0 Å². The fraction of sp³-hybridized carbons (Fsp3) is 0.308. The first kappa shape index (κ1) is 13.5. The zero-order valence-corrected chi connectivity index (χ0v) is 11.6. The second-order valence-electron chi connectivity index (χ2n) is 5.17. The zero-order valence-electron chi connectivity index (χ0n) is 10.9. The van der Waals surface area contributed by atoms with Gasteiger partial charge in [0.2, 0.25) is 0 Å². The summed E-state index contributed by atoms with van der Waals surface area (Å²) in [6, 6.07) is 5.28. The maximum atomic E-state index is 11.4. The van der Waals surface area contributed by atoms with Crippen molar-refractivity contribution in [3.63, 3.8) is 0 Å². The van der Waals surface area contributed by atoms with Crippen LogP contribution in [0.3, 0.4) is 0 Å². The fourth-order valence-corrected chi connectivity index (χ4v) is 2.04. The highest BCUT2D eigenvalue weighted by Crippen LogP contribution is 2.31. The van der Waals surface area contributed by atoms with Crippen molar-refractivity contribution in [3.05, 3.63) is 40.8 Å². The molecule has 0 saturated carbocycles. The molecule has 0 amide bonds. The third-order valence-electron chi connectivity index (χ3n) is 2.62. The number of pyridine rings is 1. The van der Waals surface area contributed by atoms with Crippen LogP contribution in [0.15, 0.2) is 24.4 Å². The lowest BCUT2D eigenvalue weighted by molar-refractivity contribution is 0.0694. The summed E-state index contributed by atoms with van der Waals surface area (Å²) in [6.07, 6.45) is 1.60. The topological polar surface area (TPSA) is 68.0 Å². The van der Waals surface area contributed by atoms with E-state index in [0.717, 1.165) is 0 Å². The number of nitrogens with zero attached hydrogens (tertiary/aromatic N) is 3. The Hall–Kier alpha value is -1.88. The largest absolute Gasteiger partial charge is 0.478 e. The number of aromatic carboxylic acids is 1. The molecule has 0 spiro atoms. The number of hydrogen-bond donors (Lipinski definition) is 1. The Morgan fingerprint density at radius 1 is 1.37 bits per heavy atom. The second kappa shape index (κ2) is 4.66. The van der Waals surface area contributed by atoms with Crippen molar-refractivity contribution in [2.45, 2.75) is 26.2 Å². The quantitative estimate of drug-likeness (QED) is 0.918. The molecule has 2 rings (SSSR count).